The molecule has 0 aliphatic carbocycles. The average molecular weight is 552 g/mol. The Labute approximate surface area is 235 Å². The van der Waals surface area contributed by atoms with Gasteiger partial charge in [0.25, 0.3) is 0 Å². The van der Waals surface area contributed by atoms with E-state index in [-0.39, 0.29) is 13.2 Å². The van der Waals surface area contributed by atoms with Gasteiger partial charge in [0.1, 0.15) is 13.2 Å². The second kappa shape index (κ2) is 19.9. The molecule has 0 aliphatic heterocycles. The minimum absolute atomic E-state index is 0.0165. The summed E-state index contributed by atoms with van der Waals surface area (Å²) in [6.07, 6.45) is 0. The van der Waals surface area contributed by atoms with Crippen molar-refractivity contribution in [2.24, 2.45) is 0 Å². The lowest BCUT2D eigenvalue weighted by molar-refractivity contribution is 0.0123. The normalized spacial score (nSPS) is 10.8. The molecule has 0 unspecified atom stereocenters. The highest BCUT2D eigenvalue weighted by atomic mass is 16.6. The average Bonchev–Trinajstić information content (AvgIpc) is 2.97. The third kappa shape index (κ3) is 12.4. The van der Waals surface area contributed by atoms with Crippen LogP contribution in [0.3, 0.4) is 0 Å². The second-order valence-corrected chi connectivity index (χ2v) is 8.41. The Morgan fingerprint density at radius 1 is 0.500 bits per heavy atom. The lowest BCUT2D eigenvalue weighted by Crippen LogP contribution is -2.10. The number of benzene rings is 2. The Morgan fingerprint density at radius 2 is 0.900 bits per heavy atom. The number of fused-ring (bicyclic) bond motifs is 2. The first-order chi connectivity index (χ1) is 19.8. The van der Waals surface area contributed by atoms with Crippen LogP contribution in [0.15, 0.2) is 42.5 Å². The van der Waals surface area contributed by atoms with Gasteiger partial charge in [-0.1, -0.05) is 23.7 Å². The molecule has 1 aromatic heterocycles. The summed E-state index contributed by atoms with van der Waals surface area (Å²) in [6, 6.07) is 14.0. The van der Waals surface area contributed by atoms with Crippen LogP contribution in [-0.4, -0.2) is 108 Å². The lowest BCUT2D eigenvalue weighted by atomic mass is 10.1. The highest BCUT2D eigenvalue weighted by molar-refractivity contribution is 5.93. The Balaban J connectivity index is 1.43. The molecule has 2 aromatic carbocycles. The van der Waals surface area contributed by atoms with Crippen molar-refractivity contribution >= 4 is 21.8 Å². The van der Waals surface area contributed by atoms with Crippen LogP contribution >= 0.6 is 0 Å². The fourth-order valence-corrected chi connectivity index (χ4v) is 3.53. The van der Waals surface area contributed by atoms with Gasteiger partial charge in [-0.25, -0.2) is 4.98 Å². The minimum Gasteiger partial charge on any atom is -0.394 e. The molecular formula is C31H37NO8. The van der Waals surface area contributed by atoms with Gasteiger partial charge >= 0.3 is 0 Å². The number of aliphatic hydroxyl groups is 2. The third-order valence-electron chi connectivity index (χ3n) is 5.38. The summed E-state index contributed by atoms with van der Waals surface area (Å²) in [6.45, 7) is 5.02. The molecule has 2 N–H and O–H groups in total. The standard InChI is InChI=1S/C31H37NO8/c33-9-13-37-17-21-39-19-15-35-11-1-3-26-5-7-30-28(23-26)25-29-24-27(6-8-31(29)32-30)4-2-12-36-16-20-40-22-18-38-14-10-34/h5-8,23-25,33-34H,9-22H2. The number of aromatic nitrogens is 1. The minimum atomic E-state index is 0.0165. The third-order valence-corrected chi connectivity index (χ3v) is 5.38. The molecule has 0 saturated heterocycles. The molecule has 9 heteroatoms. The molecule has 214 valence electrons. The molecule has 0 spiro atoms. The van der Waals surface area contributed by atoms with Gasteiger partial charge in [0.2, 0.25) is 0 Å². The van der Waals surface area contributed by atoms with Crippen molar-refractivity contribution in [2.45, 2.75) is 0 Å². The molecule has 1 heterocycles. The summed E-state index contributed by atoms with van der Waals surface area (Å²) in [5, 5.41) is 19.3. The molecule has 9 nitrogen and oxygen atoms in total. The predicted octanol–water partition coefficient (Wildman–Crippen LogP) is 2.18. The smallest absolute Gasteiger partial charge is 0.108 e. The number of aliphatic hydroxyl groups excluding tert-OH is 2. The largest absolute Gasteiger partial charge is 0.394 e. The van der Waals surface area contributed by atoms with E-state index in [1.165, 1.54) is 0 Å². The number of rotatable bonds is 18. The highest BCUT2D eigenvalue weighted by Crippen LogP contribution is 2.21. The van der Waals surface area contributed by atoms with Gasteiger partial charge in [0.05, 0.1) is 90.3 Å². The van der Waals surface area contributed by atoms with Crippen LogP contribution in [0.5, 0.6) is 0 Å². The van der Waals surface area contributed by atoms with Crippen molar-refractivity contribution in [3.8, 4) is 23.7 Å². The SMILES string of the molecule is OCCOCCOCCOCC#Cc1ccc2nc3ccc(C#CCOCCOCCOCCO)cc3cc2c1. The molecule has 3 rings (SSSR count). The molecule has 3 aromatic rings. The van der Waals surface area contributed by atoms with E-state index in [1.54, 1.807) is 0 Å². The first-order valence-electron chi connectivity index (χ1n) is 13.3. The van der Waals surface area contributed by atoms with Crippen molar-refractivity contribution in [1.29, 1.82) is 0 Å². The maximum atomic E-state index is 8.63. The van der Waals surface area contributed by atoms with Crippen LogP contribution in [0.25, 0.3) is 21.8 Å². The van der Waals surface area contributed by atoms with Gasteiger partial charge in [-0.05, 0) is 42.5 Å². The summed E-state index contributed by atoms with van der Waals surface area (Å²) in [5.41, 5.74) is 3.60. The van der Waals surface area contributed by atoms with E-state index in [9.17, 15) is 0 Å². The van der Waals surface area contributed by atoms with Crippen LogP contribution in [0.1, 0.15) is 11.1 Å². The van der Waals surface area contributed by atoms with Crippen LogP contribution in [-0.2, 0) is 28.4 Å². The van der Waals surface area contributed by atoms with E-state index < -0.39 is 0 Å². The van der Waals surface area contributed by atoms with Gasteiger partial charge < -0.3 is 38.6 Å². The van der Waals surface area contributed by atoms with Crippen LogP contribution in [0, 0.1) is 23.7 Å². The van der Waals surface area contributed by atoms with E-state index in [4.69, 9.17) is 43.6 Å². The van der Waals surface area contributed by atoms with Crippen molar-refractivity contribution in [1.82, 2.24) is 4.98 Å². The molecule has 40 heavy (non-hydrogen) atoms. The Hall–Kier alpha value is -3.09. The molecule has 0 bridgehead atoms. The molecular weight excluding hydrogens is 514 g/mol. The van der Waals surface area contributed by atoms with E-state index in [2.05, 4.69) is 29.7 Å². The fraction of sp³-hybridized carbons (Fsp3) is 0.452. The van der Waals surface area contributed by atoms with Crippen LogP contribution < -0.4 is 0 Å². The zero-order chi connectivity index (χ0) is 28.1. The Kier molecular flexibility index (Phi) is 15.6. The molecule has 0 radical (unpaired) electrons. The number of nitrogens with zero attached hydrogens (tertiary/aromatic N) is 1. The summed E-state index contributed by atoms with van der Waals surface area (Å²) < 4.78 is 32.0. The first kappa shape index (κ1) is 31.4. The fourth-order valence-electron chi connectivity index (χ4n) is 3.53. The van der Waals surface area contributed by atoms with Crippen molar-refractivity contribution in [2.75, 3.05) is 92.5 Å². The summed E-state index contributed by atoms with van der Waals surface area (Å²) in [5.74, 6) is 12.3. The number of ether oxygens (including phenoxy) is 6. The van der Waals surface area contributed by atoms with E-state index in [1.807, 2.05) is 36.4 Å². The topological polar surface area (TPSA) is 109 Å². The molecule has 0 amide bonds. The van der Waals surface area contributed by atoms with Gasteiger partial charge in [-0.2, -0.15) is 0 Å². The number of pyridine rings is 1. The monoisotopic (exact) mass is 551 g/mol. The lowest BCUT2D eigenvalue weighted by Gasteiger charge is -2.04. The predicted molar refractivity (Wildman–Crippen MR) is 152 cm³/mol. The van der Waals surface area contributed by atoms with Gasteiger partial charge in [0.15, 0.2) is 0 Å². The van der Waals surface area contributed by atoms with E-state index in [0.29, 0.717) is 79.3 Å². The second-order valence-electron chi connectivity index (χ2n) is 8.41. The van der Waals surface area contributed by atoms with E-state index >= 15 is 0 Å². The van der Waals surface area contributed by atoms with Crippen molar-refractivity contribution < 1.29 is 38.6 Å². The van der Waals surface area contributed by atoms with Crippen LogP contribution in [0.2, 0.25) is 0 Å². The summed E-state index contributed by atoms with van der Waals surface area (Å²) >= 11 is 0. The molecule has 0 atom stereocenters. The summed E-state index contributed by atoms with van der Waals surface area (Å²) in [4.78, 5) is 4.77. The van der Waals surface area contributed by atoms with E-state index in [0.717, 1.165) is 32.9 Å². The molecule has 0 saturated carbocycles. The molecule has 0 aliphatic rings. The maximum Gasteiger partial charge on any atom is 0.108 e. The Morgan fingerprint density at radius 3 is 1.32 bits per heavy atom. The van der Waals surface area contributed by atoms with Gasteiger partial charge in [0, 0.05) is 21.9 Å². The number of hydrogen-bond acceptors (Lipinski definition) is 9. The van der Waals surface area contributed by atoms with Gasteiger partial charge in [-0.3, -0.25) is 0 Å². The highest BCUT2D eigenvalue weighted by Gasteiger charge is 2.02. The zero-order valence-corrected chi connectivity index (χ0v) is 22.7. The Bertz CT molecular complexity index is 1180. The zero-order valence-electron chi connectivity index (χ0n) is 22.7. The molecule has 0 fully saturated rings. The van der Waals surface area contributed by atoms with Crippen molar-refractivity contribution in [3.63, 3.8) is 0 Å². The number of hydrogen-bond donors (Lipinski definition) is 2. The van der Waals surface area contributed by atoms with Crippen LogP contribution in [0.4, 0.5) is 0 Å². The van der Waals surface area contributed by atoms with Gasteiger partial charge in [-0.15, -0.1) is 0 Å². The summed E-state index contributed by atoms with van der Waals surface area (Å²) in [7, 11) is 0. The first-order valence-corrected chi connectivity index (χ1v) is 13.3. The quantitative estimate of drug-likeness (QED) is 0.140. The maximum absolute atomic E-state index is 8.63. The van der Waals surface area contributed by atoms with Crippen molar-refractivity contribution in [3.05, 3.63) is 53.6 Å².